The topological polar surface area (TPSA) is 75.9 Å². The number of nitrogens with zero attached hydrogens (tertiary/aromatic N) is 2. The predicted octanol–water partition coefficient (Wildman–Crippen LogP) is 5.06. The fourth-order valence-corrected chi connectivity index (χ4v) is 4.36. The van der Waals surface area contributed by atoms with Gasteiger partial charge in [0.05, 0.1) is 0 Å². The van der Waals surface area contributed by atoms with Crippen molar-refractivity contribution in [1.29, 1.82) is 0 Å². The summed E-state index contributed by atoms with van der Waals surface area (Å²) in [6, 6.07) is 14.6. The van der Waals surface area contributed by atoms with Crippen LogP contribution in [0.4, 0.5) is 30.5 Å². The minimum absolute atomic E-state index is 0.113. The van der Waals surface area contributed by atoms with Gasteiger partial charge in [0.2, 0.25) is 5.95 Å². The molecule has 1 aliphatic heterocycles. The maximum atomic E-state index is 12.9. The Balaban J connectivity index is 1.38. The van der Waals surface area contributed by atoms with Crippen molar-refractivity contribution in [2.75, 3.05) is 10.6 Å². The van der Waals surface area contributed by atoms with Crippen molar-refractivity contribution >= 4 is 23.4 Å². The number of nitrogens with one attached hydrogen (secondary N) is 2. The summed E-state index contributed by atoms with van der Waals surface area (Å²) >= 11 is 0. The average Bonchev–Trinajstić information content (AvgIpc) is 3.19. The Morgan fingerprint density at radius 1 is 1.13 bits per heavy atom. The highest BCUT2D eigenvalue weighted by atomic mass is 19.4. The molecule has 0 bridgehead atoms. The van der Waals surface area contributed by atoms with Crippen LogP contribution >= 0.6 is 0 Å². The molecule has 0 saturated carbocycles. The first-order valence-corrected chi connectivity index (χ1v) is 9.97. The summed E-state index contributed by atoms with van der Waals surface area (Å²) in [4.78, 5) is 7.43. The molecule has 2 aromatic carbocycles. The molecule has 4 N–H and O–H groups in total. The average molecular weight is 423 g/mol. The third-order valence-electron chi connectivity index (χ3n) is 5.85. The van der Waals surface area contributed by atoms with Gasteiger partial charge in [-0.25, -0.2) is 9.97 Å². The van der Waals surface area contributed by atoms with Crippen LogP contribution in [0.1, 0.15) is 34.7 Å². The molecule has 3 aromatic rings. The molecule has 158 valence electrons. The highest BCUT2D eigenvalue weighted by molar-refractivity contribution is 5.77. The van der Waals surface area contributed by atoms with Crippen LogP contribution in [0.25, 0.3) is 6.08 Å². The quantitative estimate of drug-likeness (QED) is 0.549. The van der Waals surface area contributed by atoms with Gasteiger partial charge in [0.25, 0.3) is 0 Å². The molecule has 0 saturated heterocycles. The Bertz CT molecular complexity index is 1170. The number of benzene rings is 2. The van der Waals surface area contributed by atoms with Gasteiger partial charge in [0.15, 0.2) is 0 Å². The largest absolute Gasteiger partial charge is 0.433 e. The smallest absolute Gasteiger partial charge is 0.363 e. The molecular formula is C23H20F3N5. The number of anilines is 3. The second-order valence-electron chi connectivity index (χ2n) is 7.87. The van der Waals surface area contributed by atoms with E-state index in [1.54, 1.807) is 6.07 Å². The SMILES string of the molecule is N[C@]1(C2CCc3ccccc32)C=Cc2cc(Nc3nccc(C(F)(F)F)n3)ccc2N1. The number of halogens is 3. The zero-order chi connectivity index (χ0) is 21.6. The van der Waals surface area contributed by atoms with Crippen LogP contribution in [0.3, 0.4) is 0 Å². The Labute approximate surface area is 177 Å². The fraction of sp³-hybridized carbons (Fsp3) is 0.217. The van der Waals surface area contributed by atoms with E-state index in [4.69, 9.17) is 5.73 Å². The van der Waals surface area contributed by atoms with Gasteiger partial charge in [-0.15, -0.1) is 0 Å². The third-order valence-corrected chi connectivity index (χ3v) is 5.85. The molecular weight excluding hydrogens is 403 g/mol. The van der Waals surface area contributed by atoms with Gasteiger partial charge in [0.1, 0.15) is 11.4 Å². The summed E-state index contributed by atoms with van der Waals surface area (Å²) in [6.45, 7) is 0. The molecule has 1 unspecified atom stereocenters. The van der Waals surface area contributed by atoms with E-state index in [1.165, 1.54) is 11.1 Å². The number of rotatable bonds is 3. The fourth-order valence-electron chi connectivity index (χ4n) is 4.36. The van der Waals surface area contributed by atoms with Gasteiger partial charge in [-0.05, 0) is 59.9 Å². The summed E-state index contributed by atoms with van der Waals surface area (Å²) in [5, 5.41) is 6.30. The lowest BCUT2D eigenvalue weighted by Gasteiger charge is -2.38. The summed E-state index contributed by atoms with van der Waals surface area (Å²) in [5.41, 5.74) is 10.0. The van der Waals surface area contributed by atoms with Gasteiger partial charge >= 0.3 is 6.18 Å². The molecule has 5 rings (SSSR count). The van der Waals surface area contributed by atoms with Crippen LogP contribution in [-0.2, 0) is 12.6 Å². The van der Waals surface area contributed by atoms with E-state index in [-0.39, 0.29) is 11.9 Å². The van der Waals surface area contributed by atoms with Gasteiger partial charge < -0.3 is 16.4 Å². The van der Waals surface area contributed by atoms with E-state index >= 15 is 0 Å². The molecule has 5 nitrogen and oxygen atoms in total. The number of alkyl halides is 3. The predicted molar refractivity (Wildman–Crippen MR) is 114 cm³/mol. The van der Waals surface area contributed by atoms with E-state index in [9.17, 15) is 13.2 Å². The zero-order valence-electron chi connectivity index (χ0n) is 16.4. The molecule has 1 aromatic heterocycles. The minimum Gasteiger partial charge on any atom is -0.363 e. The van der Waals surface area contributed by atoms with Crippen molar-refractivity contribution in [3.8, 4) is 0 Å². The van der Waals surface area contributed by atoms with Crippen molar-refractivity contribution in [2.24, 2.45) is 5.73 Å². The number of aromatic nitrogens is 2. The van der Waals surface area contributed by atoms with E-state index in [1.807, 2.05) is 36.4 Å². The molecule has 8 heteroatoms. The van der Waals surface area contributed by atoms with Crippen molar-refractivity contribution < 1.29 is 13.2 Å². The summed E-state index contributed by atoms with van der Waals surface area (Å²) in [7, 11) is 0. The Kier molecular flexibility index (Phi) is 4.48. The van der Waals surface area contributed by atoms with E-state index in [0.29, 0.717) is 5.69 Å². The van der Waals surface area contributed by atoms with E-state index in [0.717, 1.165) is 36.4 Å². The second kappa shape index (κ2) is 7.09. The van der Waals surface area contributed by atoms with Gasteiger partial charge in [-0.3, -0.25) is 0 Å². The van der Waals surface area contributed by atoms with Crippen LogP contribution in [0.5, 0.6) is 0 Å². The second-order valence-corrected chi connectivity index (χ2v) is 7.87. The molecule has 2 atom stereocenters. The summed E-state index contributed by atoms with van der Waals surface area (Å²) < 4.78 is 38.6. The zero-order valence-corrected chi connectivity index (χ0v) is 16.4. The van der Waals surface area contributed by atoms with Crippen LogP contribution < -0.4 is 16.4 Å². The Morgan fingerprint density at radius 3 is 2.81 bits per heavy atom. The van der Waals surface area contributed by atoms with E-state index in [2.05, 4.69) is 32.7 Å². The van der Waals surface area contributed by atoms with Crippen molar-refractivity contribution in [3.63, 3.8) is 0 Å². The minimum atomic E-state index is -4.52. The van der Waals surface area contributed by atoms with Crippen LogP contribution in [0.15, 0.2) is 60.8 Å². The van der Waals surface area contributed by atoms with Crippen molar-refractivity contribution in [1.82, 2.24) is 9.97 Å². The maximum absolute atomic E-state index is 12.9. The monoisotopic (exact) mass is 423 g/mol. The van der Waals surface area contributed by atoms with Crippen molar-refractivity contribution in [3.05, 3.63) is 83.2 Å². The Hall–Kier alpha value is -3.39. The lowest BCUT2D eigenvalue weighted by atomic mass is 9.84. The lowest BCUT2D eigenvalue weighted by molar-refractivity contribution is -0.141. The normalized spacial score (nSPS) is 21.9. The molecule has 2 heterocycles. The summed E-state index contributed by atoms with van der Waals surface area (Å²) in [6.07, 6.45) is 2.44. The number of fused-ring (bicyclic) bond motifs is 2. The number of nitrogens with two attached hydrogens (primary N) is 1. The lowest BCUT2D eigenvalue weighted by Crippen LogP contribution is -2.51. The molecule has 2 aliphatic rings. The number of aryl methyl sites for hydroxylation is 1. The van der Waals surface area contributed by atoms with Crippen molar-refractivity contribution in [2.45, 2.75) is 30.6 Å². The number of hydrogen-bond acceptors (Lipinski definition) is 5. The summed E-state index contributed by atoms with van der Waals surface area (Å²) in [5.74, 6) is 0.0441. The first-order valence-electron chi connectivity index (χ1n) is 9.97. The first-order chi connectivity index (χ1) is 14.8. The molecule has 0 spiro atoms. The van der Waals surface area contributed by atoms with Gasteiger partial charge in [-0.2, -0.15) is 13.2 Å². The Morgan fingerprint density at radius 2 is 1.97 bits per heavy atom. The van der Waals surface area contributed by atoms with Crippen LogP contribution in [0.2, 0.25) is 0 Å². The highest BCUT2D eigenvalue weighted by Gasteiger charge is 2.39. The molecule has 0 amide bonds. The number of hydrogen-bond donors (Lipinski definition) is 3. The third kappa shape index (κ3) is 3.63. The van der Waals surface area contributed by atoms with Gasteiger partial charge in [-0.1, -0.05) is 30.3 Å². The van der Waals surface area contributed by atoms with E-state index < -0.39 is 17.5 Å². The van der Waals surface area contributed by atoms with Gasteiger partial charge in [0, 0.05) is 23.5 Å². The standard InChI is InChI=1S/C23H20F3N5/c24-23(25,26)20-10-12-28-21(30-20)29-16-6-8-19-15(13-16)9-11-22(27,31-19)18-7-5-14-3-1-2-4-17(14)18/h1-4,6,8-13,18,31H,5,7,27H2,(H,28,29,30)/t18?,22-/m1/s1. The molecule has 0 fully saturated rings. The highest BCUT2D eigenvalue weighted by Crippen LogP contribution is 2.43. The first kappa shape index (κ1) is 19.6. The van der Waals surface area contributed by atoms with Crippen LogP contribution in [0, 0.1) is 0 Å². The maximum Gasteiger partial charge on any atom is 0.433 e. The molecule has 0 radical (unpaired) electrons. The van der Waals surface area contributed by atoms with Crippen LogP contribution in [-0.4, -0.2) is 15.6 Å². The molecule has 1 aliphatic carbocycles. The molecule has 31 heavy (non-hydrogen) atoms.